The molecule has 1 aromatic carbocycles. The second kappa shape index (κ2) is 6.09. The summed E-state index contributed by atoms with van der Waals surface area (Å²) in [7, 11) is 1.30. The monoisotopic (exact) mass is 303 g/mol. The van der Waals surface area contributed by atoms with E-state index in [2.05, 4.69) is 0 Å². The van der Waals surface area contributed by atoms with E-state index in [4.69, 9.17) is 14.2 Å². The summed E-state index contributed by atoms with van der Waals surface area (Å²) in [6.07, 6.45) is 1.38. The van der Waals surface area contributed by atoms with Gasteiger partial charge in [0.2, 0.25) is 5.76 Å². The molecule has 1 amide bonds. The summed E-state index contributed by atoms with van der Waals surface area (Å²) >= 11 is 0. The number of rotatable bonds is 3. The van der Waals surface area contributed by atoms with Crippen molar-refractivity contribution in [2.24, 2.45) is 0 Å². The number of benzene rings is 1. The molecule has 2 heterocycles. The van der Waals surface area contributed by atoms with Gasteiger partial charge in [-0.05, 0) is 11.6 Å². The molecule has 1 saturated heterocycles. The molecule has 0 spiro atoms. The molecule has 22 heavy (non-hydrogen) atoms. The van der Waals surface area contributed by atoms with Gasteiger partial charge in [-0.1, -0.05) is 30.3 Å². The summed E-state index contributed by atoms with van der Waals surface area (Å²) in [4.78, 5) is 25.1. The molecule has 0 aromatic heterocycles. The van der Waals surface area contributed by atoms with Gasteiger partial charge in [0, 0.05) is 12.3 Å². The molecule has 0 saturated carbocycles. The van der Waals surface area contributed by atoms with E-state index in [1.807, 2.05) is 30.3 Å². The number of nitrogens with zero attached hydrogens (tertiary/aromatic N) is 1. The Labute approximate surface area is 128 Å². The van der Waals surface area contributed by atoms with Crippen molar-refractivity contribution in [3.05, 3.63) is 47.7 Å². The molecule has 0 unspecified atom stereocenters. The second-order valence-corrected chi connectivity index (χ2v) is 5.16. The van der Waals surface area contributed by atoms with Crippen LogP contribution in [0.15, 0.2) is 42.2 Å². The zero-order chi connectivity index (χ0) is 15.5. The van der Waals surface area contributed by atoms with Crippen LogP contribution in [0.2, 0.25) is 0 Å². The molecule has 2 atom stereocenters. The Morgan fingerprint density at radius 1 is 1.32 bits per heavy atom. The number of ether oxygens (including phenoxy) is 3. The Bertz CT molecular complexity index is 598. The average Bonchev–Trinajstić information content (AvgIpc) is 3.00. The molecule has 116 valence electrons. The summed E-state index contributed by atoms with van der Waals surface area (Å²) < 4.78 is 15.4. The van der Waals surface area contributed by atoms with E-state index in [9.17, 15) is 9.59 Å². The first kappa shape index (κ1) is 14.4. The van der Waals surface area contributed by atoms with Gasteiger partial charge >= 0.3 is 12.1 Å². The maximum atomic E-state index is 11.8. The molecule has 6 nitrogen and oxygen atoms in total. The van der Waals surface area contributed by atoms with E-state index in [0.717, 1.165) is 5.56 Å². The van der Waals surface area contributed by atoms with Gasteiger partial charge in [0.05, 0.1) is 13.7 Å². The maximum Gasteiger partial charge on any atom is 0.412 e. The quantitative estimate of drug-likeness (QED) is 0.799. The van der Waals surface area contributed by atoms with Crippen LogP contribution in [0.1, 0.15) is 17.9 Å². The standard InChI is InChI=1S/C16H17NO5/c1-20-15(18)13-9-12(11-5-3-2-4-6-11)10-14(22-13)17-7-8-21-16(17)19/h2-6,9,12,14H,7-8,10H2,1H3/t12-,14+/m1/s1. The van der Waals surface area contributed by atoms with Gasteiger partial charge in [-0.15, -0.1) is 0 Å². The number of hydrogen-bond donors (Lipinski definition) is 0. The second-order valence-electron chi connectivity index (χ2n) is 5.16. The van der Waals surface area contributed by atoms with Gasteiger partial charge in [0.25, 0.3) is 0 Å². The average molecular weight is 303 g/mol. The molecular weight excluding hydrogens is 286 g/mol. The van der Waals surface area contributed by atoms with Crippen LogP contribution in [0.3, 0.4) is 0 Å². The Morgan fingerprint density at radius 2 is 2.09 bits per heavy atom. The van der Waals surface area contributed by atoms with Gasteiger partial charge in [-0.3, -0.25) is 4.90 Å². The Hall–Kier alpha value is -2.50. The minimum Gasteiger partial charge on any atom is -0.463 e. The lowest BCUT2D eigenvalue weighted by Crippen LogP contribution is -2.41. The van der Waals surface area contributed by atoms with Gasteiger partial charge < -0.3 is 14.2 Å². The highest BCUT2D eigenvalue weighted by Gasteiger charge is 2.37. The number of amides is 1. The lowest BCUT2D eigenvalue weighted by atomic mass is 9.92. The van der Waals surface area contributed by atoms with Crippen LogP contribution in [0.25, 0.3) is 0 Å². The molecule has 1 aromatic rings. The zero-order valence-electron chi connectivity index (χ0n) is 12.2. The van der Waals surface area contributed by atoms with E-state index >= 15 is 0 Å². The minimum atomic E-state index is -0.543. The van der Waals surface area contributed by atoms with Crippen molar-refractivity contribution in [3.8, 4) is 0 Å². The van der Waals surface area contributed by atoms with Crippen LogP contribution < -0.4 is 0 Å². The fourth-order valence-electron chi connectivity index (χ4n) is 2.71. The van der Waals surface area contributed by atoms with Crippen molar-refractivity contribution in [2.75, 3.05) is 20.3 Å². The first-order valence-corrected chi connectivity index (χ1v) is 7.14. The summed E-state index contributed by atoms with van der Waals surface area (Å²) in [6, 6.07) is 9.79. The highest BCUT2D eigenvalue weighted by Crippen LogP contribution is 2.33. The Morgan fingerprint density at radius 3 is 2.73 bits per heavy atom. The fraction of sp³-hybridized carbons (Fsp3) is 0.375. The predicted molar refractivity (Wildman–Crippen MR) is 76.8 cm³/mol. The van der Waals surface area contributed by atoms with Gasteiger partial charge in [0.1, 0.15) is 6.61 Å². The number of allylic oxidation sites excluding steroid dienone is 1. The van der Waals surface area contributed by atoms with Crippen LogP contribution >= 0.6 is 0 Å². The van der Waals surface area contributed by atoms with E-state index in [-0.39, 0.29) is 11.7 Å². The first-order valence-electron chi connectivity index (χ1n) is 7.14. The van der Waals surface area contributed by atoms with E-state index in [1.54, 1.807) is 6.08 Å². The van der Waals surface area contributed by atoms with Crippen LogP contribution in [0.4, 0.5) is 4.79 Å². The topological polar surface area (TPSA) is 65.1 Å². The van der Waals surface area contributed by atoms with Crippen LogP contribution in [-0.4, -0.2) is 43.5 Å². The zero-order valence-corrected chi connectivity index (χ0v) is 12.2. The fourth-order valence-corrected chi connectivity index (χ4v) is 2.71. The number of cyclic esters (lactones) is 1. The largest absolute Gasteiger partial charge is 0.463 e. The maximum absolute atomic E-state index is 11.8. The molecule has 3 rings (SSSR count). The van der Waals surface area contributed by atoms with E-state index in [0.29, 0.717) is 19.6 Å². The third kappa shape index (κ3) is 2.77. The Kier molecular flexibility index (Phi) is 4.00. The highest BCUT2D eigenvalue weighted by atomic mass is 16.6. The lowest BCUT2D eigenvalue weighted by Gasteiger charge is -2.33. The number of carbonyl (C=O) groups excluding carboxylic acids is 2. The summed E-state index contributed by atoms with van der Waals surface area (Å²) in [6.45, 7) is 0.797. The summed E-state index contributed by atoms with van der Waals surface area (Å²) in [5, 5.41) is 0. The summed E-state index contributed by atoms with van der Waals surface area (Å²) in [5.74, 6) is -0.437. The molecule has 6 heteroatoms. The third-order valence-electron chi connectivity index (χ3n) is 3.83. The smallest absolute Gasteiger partial charge is 0.412 e. The van der Waals surface area contributed by atoms with Crippen molar-refractivity contribution in [3.63, 3.8) is 0 Å². The van der Waals surface area contributed by atoms with Crippen molar-refractivity contribution < 1.29 is 23.8 Å². The number of carbonyl (C=O) groups is 2. The van der Waals surface area contributed by atoms with Gasteiger partial charge in [0.15, 0.2) is 6.23 Å². The van der Waals surface area contributed by atoms with E-state index in [1.165, 1.54) is 12.0 Å². The molecule has 0 bridgehead atoms. The number of hydrogen-bond acceptors (Lipinski definition) is 5. The van der Waals surface area contributed by atoms with Crippen molar-refractivity contribution in [1.82, 2.24) is 4.90 Å². The molecule has 1 fully saturated rings. The number of esters is 1. The van der Waals surface area contributed by atoms with Gasteiger partial charge in [-0.25, -0.2) is 9.59 Å². The Balaban J connectivity index is 1.88. The predicted octanol–water partition coefficient (Wildman–Crippen LogP) is 2.03. The molecule has 0 aliphatic carbocycles. The van der Waals surface area contributed by atoms with Crippen LogP contribution in [-0.2, 0) is 19.0 Å². The van der Waals surface area contributed by atoms with Crippen LogP contribution in [0.5, 0.6) is 0 Å². The van der Waals surface area contributed by atoms with Gasteiger partial charge in [-0.2, -0.15) is 0 Å². The molecule has 2 aliphatic heterocycles. The minimum absolute atomic E-state index is 0.0255. The third-order valence-corrected chi connectivity index (χ3v) is 3.83. The normalized spacial score (nSPS) is 24.3. The molecule has 0 N–H and O–H groups in total. The number of methoxy groups -OCH3 is 1. The highest BCUT2D eigenvalue weighted by molar-refractivity contribution is 5.86. The van der Waals surface area contributed by atoms with Crippen molar-refractivity contribution in [1.29, 1.82) is 0 Å². The van der Waals surface area contributed by atoms with Crippen molar-refractivity contribution in [2.45, 2.75) is 18.6 Å². The van der Waals surface area contributed by atoms with E-state index < -0.39 is 18.3 Å². The molecule has 0 radical (unpaired) electrons. The van der Waals surface area contributed by atoms with Crippen LogP contribution in [0, 0.1) is 0 Å². The van der Waals surface area contributed by atoms with Crippen molar-refractivity contribution >= 4 is 12.1 Å². The molecular formula is C16H17NO5. The summed E-state index contributed by atoms with van der Waals surface area (Å²) in [5.41, 5.74) is 1.06. The SMILES string of the molecule is COC(=O)C1=C[C@@H](c2ccccc2)C[C@@H](N2CCOC2=O)O1. The first-order chi connectivity index (χ1) is 10.7. The molecule has 2 aliphatic rings. The lowest BCUT2D eigenvalue weighted by molar-refractivity contribution is -0.144.